The van der Waals surface area contributed by atoms with Crippen molar-refractivity contribution in [2.24, 2.45) is 11.8 Å². The first kappa shape index (κ1) is 18.1. The fourth-order valence-electron chi connectivity index (χ4n) is 3.98. The summed E-state index contributed by atoms with van der Waals surface area (Å²) in [5.74, 6) is -3.58. The molecule has 7 heteroatoms. The number of likely N-dealkylation sites (tertiary alicyclic amines) is 1. The van der Waals surface area contributed by atoms with Crippen LogP contribution in [0.15, 0.2) is 24.3 Å². The number of fused-ring (bicyclic) bond motifs is 1. The number of imide groups is 1. The van der Waals surface area contributed by atoms with Gasteiger partial charge in [-0.05, 0) is 31.0 Å². The lowest BCUT2D eigenvalue weighted by Gasteiger charge is -2.27. The molecule has 3 rings (SSSR count). The third kappa shape index (κ3) is 2.58. The van der Waals surface area contributed by atoms with Crippen molar-refractivity contribution in [1.29, 1.82) is 5.26 Å². The van der Waals surface area contributed by atoms with Crippen LogP contribution >= 0.6 is 0 Å². The molecule has 2 aliphatic heterocycles. The summed E-state index contributed by atoms with van der Waals surface area (Å²) in [7, 11) is 0. The summed E-state index contributed by atoms with van der Waals surface area (Å²) >= 11 is 0. The molecular formula is C19H21N3O4. The minimum Gasteiger partial charge on any atom is -0.480 e. The maximum absolute atomic E-state index is 12.9. The molecule has 26 heavy (non-hydrogen) atoms. The van der Waals surface area contributed by atoms with Gasteiger partial charge >= 0.3 is 5.97 Å². The van der Waals surface area contributed by atoms with E-state index in [9.17, 15) is 19.5 Å². The number of carboxylic acid groups (broad SMARTS) is 1. The lowest BCUT2D eigenvalue weighted by Crippen LogP contribution is -2.53. The molecule has 2 fully saturated rings. The second-order valence-electron chi connectivity index (χ2n) is 7.05. The third-order valence-electron chi connectivity index (χ3n) is 5.46. The van der Waals surface area contributed by atoms with Crippen molar-refractivity contribution in [2.75, 3.05) is 6.54 Å². The van der Waals surface area contributed by atoms with Crippen LogP contribution in [-0.4, -0.2) is 39.9 Å². The van der Waals surface area contributed by atoms with Crippen molar-refractivity contribution in [2.45, 2.75) is 38.3 Å². The summed E-state index contributed by atoms with van der Waals surface area (Å²) < 4.78 is 0. The highest BCUT2D eigenvalue weighted by Crippen LogP contribution is 2.48. The normalized spacial score (nSPS) is 30.3. The highest BCUT2D eigenvalue weighted by Gasteiger charge is 2.66. The maximum atomic E-state index is 12.9. The Labute approximate surface area is 151 Å². The van der Waals surface area contributed by atoms with E-state index in [1.807, 2.05) is 13.0 Å². The second-order valence-corrected chi connectivity index (χ2v) is 7.05. The molecule has 136 valence electrons. The van der Waals surface area contributed by atoms with Crippen LogP contribution < -0.4 is 5.32 Å². The molecule has 1 aromatic rings. The van der Waals surface area contributed by atoms with E-state index in [-0.39, 0.29) is 5.91 Å². The molecule has 2 heterocycles. The average Bonchev–Trinajstić information content (AvgIpc) is 3.08. The Morgan fingerprint density at radius 2 is 1.96 bits per heavy atom. The van der Waals surface area contributed by atoms with E-state index in [1.54, 1.807) is 24.3 Å². The van der Waals surface area contributed by atoms with Crippen molar-refractivity contribution in [1.82, 2.24) is 10.2 Å². The number of aliphatic carboxylic acids is 1. The number of nitrogens with zero attached hydrogens (tertiary/aromatic N) is 2. The Balaban J connectivity index is 2.02. The van der Waals surface area contributed by atoms with Crippen LogP contribution in [0, 0.1) is 23.2 Å². The minimum absolute atomic E-state index is 0.316. The minimum atomic E-state index is -1.52. The van der Waals surface area contributed by atoms with E-state index in [4.69, 9.17) is 5.26 Å². The molecule has 0 bridgehead atoms. The number of carbonyl (C=O) groups excluding carboxylic acids is 2. The monoisotopic (exact) mass is 355 g/mol. The van der Waals surface area contributed by atoms with E-state index < -0.39 is 35.3 Å². The first-order valence-electron chi connectivity index (χ1n) is 8.71. The van der Waals surface area contributed by atoms with Gasteiger partial charge in [-0.2, -0.15) is 5.26 Å². The third-order valence-corrected chi connectivity index (χ3v) is 5.46. The highest BCUT2D eigenvalue weighted by atomic mass is 16.4. The van der Waals surface area contributed by atoms with Crippen molar-refractivity contribution in [3.8, 4) is 6.07 Å². The van der Waals surface area contributed by atoms with Gasteiger partial charge in [0.05, 0.1) is 23.5 Å². The molecule has 4 atom stereocenters. The number of carboxylic acids is 1. The molecule has 1 aromatic carbocycles. The lowest BCUT2D eigenvalue weighted by molar-refractivity contribution is -0.150. The number of carbonyl (C=O) groups is 3. The van der Waals surface area contributed by atoms with Gasteiger partial charge in [0, 0.05) is 12.6 Å². The summed E-state index contributed by atoms with van der Waals surface area (Å²) in [6, 6.07) is 8.09. The van der Waals surface area contributed by atoms with Gasteiger partial charge in [-0.25, -0.2) is 0 Å². The van der Waals surface area contributed by atoms with E-state index in [2.05, 4.69) is 5.32 Å². The molecule has 0 saturated carbocycles. The molecule has 0 spiro atoms. The number of amides is 2. The molecule has 2 amide bonds. The standard InChI is InChI=1S/C19H21N3O4/c1-3-4-9-22-16(23)13-14(17(22)24)19(2,18(25)26)21-15(13)12-7-5-11(10-20)6-8-12/h5-8,13-15,21H,3-4,9H2,1-2H3,(H,25,26). The van der Waals surface area contributed by atoms with Crippen molar-refractivity contribution < 1.29 is 19.5 Å². The lowest BCUT2D eigenvalue weighted by atomic mass is 9.80. The van der Waals surface area contributed by atoms with Gasteiger partial charge in [0.25, 0.3) is 0 Å². The van der Waals surface area contributed by atoms with Crippen LogP contribution in [-0.2, 0) is 14.4 Å². The Kier molecular flexibility index (Phi) is 4.55. The Hall–Kier alpha value is -2.72. The SMILES string of the molecule is CCCCN1C(=O)C2C(c3ccc(C#N)cc3)NC(C)(C(=O)O)C2C1=O. The smallest absolute Gasteiger partial charge is 0.324 e. The van der Waals surface area contributed by atoms with E-state index in [1.165, 1.54) is 11.8 Å². The number of unbranched alkanes of at least 4 members (excludes halogenated alkanes) is 1. The van der Waals surface area contributed by atoms with Crippen LogP contribution in [0.5, 0.6) is 0 Å². The second kappa shape index (κ2) is 6.54. The van der Waals surface area contributed by atoms with E-state index in [0.29, 0.717) is 24.1 Å². The number of benzene rings is 1. The van der Waals surface area contributed by atoms with Gasteiger partial charge in [0.15, 0.2) is 0 Å². The molecule has 2 aliphatic rings. The molecule has 7 nitrogen and oxygen atoms in total. The molecule has 4 unspecified atom stereocenters. The van der Waals surface area contributed by atoms with Crippen LogP contribution in [0.4, 0.5) is 0 Å². The van der Waals surface area contributed by atoms with Gasteiger partial charge in [0.2, 0.25) is 11.8 Å². The number of rotatable bonds is 5. The zero-order chi connectivity index (χ0) is 19.1. The Morgan fingerprint density at radius 1 is 1.31 bits per heavy atom. The number of nitriles is 1. The maximum Gasteiger partial charge on any atom is 0.324 e. The first-order valence-corrected chi connectivity index (χ1v) is 8.71. The topological polar surface area (TPSA) is 110 Å². The number of nitrogens with one attached hydrogen (secondary N) is 1. The zero-order valence-electron chi connectivity index (χ0n) is 14.7. The zero-order valence-corrected chi connectivity index (χ0v) is 14.7. The van der Waals surface area contributed by atoms with Gasteiger partial charge in [-0.3, -0.25) is 24.6 Å². The number of hydrogen-bond acceptors (Lipinski definition) is 5. The van der Waals surface area contributed by atoms with E-state index >= 15 is 0 Å². The molecule has 2 N–H and O–H groups in total. The summed E-state index contributed by atoms with van der Waals surface area (Å²) in [6.07, 6.45) is 1.52. The summed E-state index contributed by atoms with van der Waals surface area (Å²) in [5, 5.41) is 21.7. The van der Waals surface area contributed by atoms with Crippen LogP contribution in [0.1, 0.15) is 43.9 Å². The van der Waals surface area contributed by atoms with E-state index in [0.717, 1.165) is 6.42 Å². The summed E-state index contributed by atoms with van der Waals surface area (Å²) in [6.45, 7) is 3.75. The predicted molar refractivity (Wildman–Crippen MR) is 91.7 cm³/mol. The van der Waals surface area contributed by atoms with Crippen LogP contribution in [0.2, 0.25) is 0 Å². The van der Waals surface area contributed by atoms with Gasteiger partial charge in [-0.1, -0.05) is 25.5 Å². The largest absolute Gasteiger partial charge is 0.480 e. The summed E-state index contributed by atoms with van der Waals surface area (Å²) in [4.78, 5) is 38.9. The molecule has 2 saturated heterocycles. The summed E-state index contributed by atoms with van der Waals surface area (Å²) in [5.41, 5.74) is -0.345. The average molecular weight is 355 g/mol. The van der Waals surface area contributed by atoms with Gasteiger partial charge in [-0.15, -0.1) is 0 Å². The fourth-order valence-corrected chi connectivity index (χ4v) is 3.98. The fraction of sp³-hybridized carbons (Fsp3) is 0.474. The van der Waals surface area contributed by atoms with Crippen molar-refractivity contribution >= 4 is 17.8 Å². The van der Waals surface area contributed by atoms with Crippen LogP contribution in [0.3, 0.4) is 0 Å². The van der Waals surface area contributed by atoms with Crippen molar-refractivity contribution in [3.63, 3.8) is 0 Å². The molecule has 0 aliphatic carbocycles. The predicted octanol–water partition coefficient (Wildman–Crippen LogP) is 1.45. The number of hydrogen-bond donors (Lipinski definition) is 2. The molecular weight excluding hydrogens is 334 g/mol. The Morgan fingerprint density at radius 3 is 2.50 bits per heavy atom. The quantitative estimate of drug-likeness (QED) is 0.774. The molecule has 0 radical (unpaired) electrons. The van der Waals surface area contributed by atoms with Gasteiger partial charge < -0.3 is 5.11 Å². The Bertz CT molecular complexity index is 798. The highest BCUT2D eigenvalue weighted by molar-refractivity contribution is 6.09. The van der Waals surface area contributed by atoms with Crippen LogP contribution in [0.25, 0.3) is 0 Å². The van der Waals surface area contributed by atoms with Gasteiger partial charge in [0.1, 0.15) is 5.54 Å². The first-order chi connectivity index (χ1) is 12.3. The van der Waals surface area contributed by atoms with Crippen molar-refractivity contribution in [3.05, 3.63) is 35.4 Å². The molecule has 0 aromatic heterocycles.